The summed E-state index contributed by atoms with van der Waals surface area (Å²) in [4.78, 5) is 27.9. The van der Waals surface area contributed by atoms with Crippen molar-refractivity contribution in [2.75, 3.05) is 13.2 Å². The molecule has 0 amide bonds. The third-order valence-electron chi connectivity index (χ3n) is 5.28. The van der Waals surface area contributed by atoms with Crippen LogP contribution in [0.4, 0.5) is 0 Å². The van der Waals surface area contributed by atoms with E-state index < -0.39 is 18.0 Å². The third kappa shape index (κ3) is 6.63. The SMILES string of the molecule is Cc1c2nc(OCC(O)CNC(C)(C)CCc3ccccc3)c(C#N)c1OC(=O)/C=C\C(=O)O2. The minimum atomic E-state index is -0.917. The quantitative estimate of drug-likeness (QED) is 0.536. The fourth-order valence-corrected chi connectivity index (χ4v) is 3.26. The van der Waals surface area contributed by atoms with Crippen LogP contribution in [0.2, 0.25) is 0 Å². The minimum absolute atomic E-state index is 0.110. The van der Waals surface area contributed by atoms with E-state index in [-0.39, 0.29) is 47.3 Å². The van der Waals surface area contributed by atoms with Crippen molar-refractivity contribution >= 4 is 11.9 Å². The third-order valence-corrected chi connectivity index (χ3v) is 5.28. The van der Waals surface area contributed by atoms with Crippen LogP contribution in [0.5, 0.6) is 17.5 Å². The predicted molar refractivity (Wildman–Crippen MR) is 122 cm³/mol. The molecule has 0 aliphatic carbocycles. The highest BCUT2D eigenvalue weighted by molar-refractivity contribution is 5.94. The van der Waals surface area contributed by atoms with Crippen molar-refractivity contribution in [1.29, 1.82) is 5.26 Å². The van der Waals surface area contributed by atoms with E-state index in [0.29, 0.717) is 0 Å². The van der Waals surface area contributed by atoms with E-state index in [0.717, 1.165) is 25.0 Å². The van der Waals surface area contributed by atoms with Gasteiger partial charge < -0.3 is 24.6 Å². The molecule has 1 aliphatic heterocycles. The van der Waals surface area contributed by atoms with E-state index in [1.54, 1.807) is 0 Å². The van der Waals surface area contributed by atoms with Crippen LogP contribution in [0.1, 0.15) is 37.0 Å². The number of nitrogens with zero attached hydrogens (tertiary/aromatic N) is 2. The van der Waals surface area contributed by atoms with Crippen LogP contribution in [-0.4, -0.2) is 46.8 Å². The number of carbonyl (C=O) groups is 2. The largest absolute Gasteiger partial charge is 0.474 e. The number of ether oxygens (including phenoxy) is 3. The Morgan fingerprint density at radius 1 is 1.18 bits per heavy atom. The first kappa shape index (κ1) is 24.9. The Morgan fingerprint density at radius 3 is 2.53 bits per heavy atom. The maximum Gasteiger partial charge on any atom is 0.337 e. The first-order valence-electron chi connectivity index (χ1n) is 10.8. The van der Waals surface area contributed by atoms with Crippen molar-refractivity contribution in [3.8, 4) is 23.6 Å². The number of pyridine rings is 1. The highest BCUT2D eigenvalue weighted by Crippen LogP contribution is 2.36. The molecule has 178 valence electrons. The zero-order valence-electron chi connectivity index (χ0n) is 19.3. The van der Waals surface area contributed by atoms with E-state index in [1.165, 1.54) is 12.5 Å². The number of aliphatic hydroxyl groups is 1. The number of aromatic nitrogens is 1. The fourth-order valence-electron chi connectivity index (χ4n) is 3.26. The van der Waals surface area contributed by atoms with Crippen LogP contribution in [0.25, 0.3) is 0 Å². The van der Waals surface area contributed by atoms with Crippen LogP contribution < -0.4 is 19.5 Å². The van der Waals surface area contributed by atoms with Crippen molar-refractivity contribution < 1.29 is 28.9 Å². The summed E-state index contributed by atoms with van der Waals surface area (Å²) in [5.74, 6) is -2.13. The molecule has 2 heterocycles. The molecule has 0 fully saturated rings. The lowest BCUT2D eigenvalue weighted by molar-refractivity contribution is -0.131. The lowest BCUT2D eigenvalue weighted by Gasteiger charge is -2.28. The molecule has 0 spiro atoms. The van der Waals surface area contributed by atoms with Crippen molar-refractivity contribution in [3.05, 3.63) is 59.2 Å². The highest BCUT2D eigenvalue weighted by atomic mass is 16.6. The zero-order chi connectivity index (χ0) is 24.7. The van der Waals surface area contributed by atoms with Crippen molar-refractivity contribution in [1.82, 2.24) is 10.3 Å². The molecule has 1 aromatic heterocycles. The Balaban J connectivity index is 1.64. The molecule has 2 bridgehead atoms. The van der Waals surface area contributed by atoms with Crippen LogP contribution in [-0.2, 0) is 16.0 Å². The van der Waals surface area contributed by atoms with Crippen LogP contribution in [0.15, 0.2) is 42.5 Å². The zero-order valence-corrected chi connectivity index (χ0v) is 19.3. The second-order valence-electron chi connectivity index (χ2n) is 8.55. The number of esters is 2. The first-order valence-corrected chi connectivity index (χ1v) is 10.8. The van der Waals surface area contributed by atoms with Gasteiger partial charge >= 0.3 is 11.9 Å². The Bertz CT molecular complexity index is 1120. The molecule has 1 atom stereocenters. The van der Waals surface area contributed by atoms with E-state index in [2.05, 4.69) is 36.3 Å². The second-order valence-corrected chi connectivity index (χ2v) is 8.55. The minimum Gasteiger partial charge on any atom is -0.474 e. The van der Waals surface area contributed by atoms with Gasteiger partial charge in [-0.2, -0.15) is 10.2 Å². The summed E-state index contributed by atoms with van der Waals surface area (Å²) in [6.07, 6.45) is 2.64. The molecule has 9 heteroatoms. The Kier molecular flexibility index (Phi) is 7.99. The number of aliphatic hydroxyl groups excluding tert-OH is 1. The number of β-amino-alcohol motifs (C(OH)–C–C–N with tert-alkyl or cyclic N) is 1. The molecule has 2 N–H and O–H groups in total. The van der Waals surface area contributed by atoms with Crippen LogP contribution in [0, 0.1) is 18.3 Å². The average Bonchev–Trinajstić information content (AvgIpc) is 2.84. The second kappa shape index (κ2) is 10.9. The van der Waals surface area contributed by atoms with Gasteiger partial charge in [-0.05, 0) is 39.2 Å². The number of nitrogens with one attached hydrogen (secondary N) is 1. The van der Waals surface area contributed by atoms with Crippen molar-refractivity contribution in [2.45, 2.75) is 45.3 Å². The van der Waals surface area contributed by atoms with Gasteiger partial charge in [-0.1, -0.05) is 30.3 Å². The van der Waals surface area contributed by atoms with Crippen molar-refractivity contribution in [2.24, 2.45) is 0 Å². The van der Waals surface area contributed by atoms with Gasteiger partial charge in [0.25, 0.3) is 0 Å². The van der Waals surface area contributed by atoms with Crippen LogP contribution >= 0.6 is 0 Å². The predicted octanol–water partition coefficient (Wildman–Crippen LogP) is 2.38. The summed E-state index contributed by atoms with van der Waals surface area (Å²) in [5.41, 5.74) is 1.07. The Labute approximate surface area is 198 Å². The first-order chi connectivity index (χ1) is 16.2. The van der Waals surface area contributed by atoms with E-state index in [9.17, 15) is 20.0 Å². The Morgan fingerprint density at radius 2 is 1.85 bits per heavy atom. The standard InChI is InChI=1S/C25H27N3O6/c1-16-22-19(13-26)24(28-23(16)34-21(31)10-9-20(30)33-22)32-15-18(29)14-27-25(2,3)12-11-17-7-5-4-6-8-17/h4-10,18,27,29H,11-12,14-15H2,1-3H3/b10-9-. The van der Waals surface area contributed by atoms with E-state index in [4.69, 9.17) is 14.2 Å². The van der Waals surface area contributed by atoms with E-state index in [1.807, 2.05) is 24.3 Å². The van der Waals surface area contributed by atoms with Gasteiger partial charge in [-0.15, -0.1) is 0 Å². The summed E-state index contributed by atoms with van der Waals surface area (Å²) in [5, 5.41) is 23.4. The number of aryl methyl sites for hydroxylation is 1. The molecular weight excluding hydrogens is 438 g/mol. The normalized spacial score (nSPS) is 15.1. The van der Waals surface area contributed by atoms with E-state index >= 15 is 0 Å². The molecule has 0 radical (unpaired) electrons. The number of carbonyl (C=O) groups excluding carboxylic acids is 2. The molecule has 1 unspecified atom stereocenters. The number of benzene rings is 1. The van der Waals surface area contributed by atoms with Gasteiger partial charge in [0, 0.05) is 24.2 Å². The molecular formula is C25H27N3O6. The maximum atomic E-state index is 11.9. The van der Waals surface area contributed by atoms with Crippen molar-refractivity contribution in [3.63, 3.8) is 0 Å². The molecule has 9 nitrogen and oxygen atoms in total. The van der Waals surface area contributed by atoms with Gasteiger partial charge in [0.1, 0.15) is 18.8 Å². The summed E-state index contributed by atoms with van der Waals surface area (Å²) in [7, 11) is 0. The average molecular weight is 466 g/mol. The topological polar surface area (TPSA) is 131 Å². The number of hydrogen-bond donors (Lipinski definition) is 2. The molecule has 3 rings (SSSR count). The summed E-state index contributed by atoms with van der Waals surface area (Å²) < 4.78 is 15.9. The molecule has 34 heavy (non-hydrogen) atoms. The van der Waals surface area contributed by atoms with Crippen LogP contribution in [0.3, 0.4) is 0 Å². The lowest BCUT2D eigenvalue weighted by Crippen LogP contribution is -2.45. The lowest BCUT2D eigenvalue weighted by atomic mass is 9.95. The monoisotopic (exact) mass is 465 g/mol. The Hall–Kier alpha value is -3.74. The maximum absolute atomic E-state index is 11.9. The van der Waals surface area contributed by atoms with Gasteiger partial charge in [0.15, 0.2) is 11.3 Å². The van der Waals surface area contributed by atoms with Gasteiger partial charge in [0.2, 0.25) is 11.8 Å². The fraction of sp³-hybridized carbons (Fsp3) is 0.360. The summed E-state index contributed by atoms with van der Waals surface area (Å²) >= 11 is 0. The summed E-state index contributed by atoms with van der Waals surface area (Å²) in [6.45, 7) is 5.66. The number of rotatable bonds is 9. The summed E-state index contributed by atoms with van der Waals surface area (Å²) in [6, 6.07) is 12.0. The smallest absolute Gasteiger partial charge is 0.337 e. The number of nitriles is 1. The van der Waals surface area contributed by atoms with Gasteiger partial charge in [-0.3, -0.25) is 0 Å². The van der Waals surface area contributed by atoms with Gasteiger partial charge in [-0.25, -0.2) is 9.59 Å². The molecule has 0 saturated heterocycles. The molecule has 2 aromatic rings. The molecule has 0 saturated carbocycles. The number of fused-ring (bicyclic) bond motifs is 2. The highest BCUT2D eigenvalue weighted by Gasteiger charge is 2.26. The van der Waals surface area contributed by atoms with Gasteiger partial charge in [0.05, 0.1) is 5.56 Å². The number of hydrogen-bond acceptors (Lipinski definition) is 9. The molecule has 1 aromatic carbocycles. The molecule has 1 aliphatic rings.